The topological polar surface area (TPSA) is 49.4 Å². The van der Waals surface area contributed by atoms with Crippen molar-refractivity contribution in [2.75, 3.05) is 0 Å². The molecule has 0 saturated carbocycles. The minimum Gasteiger partial charge on any atom is -0.352 e. The summed E-state index contributed by atoms with van der Waals surface area (Å²) in [5.41, 5.74) is 4.31. The zero-order valence-corrected chi connectivity index (χ0v) is 19.8. The predicted molar refractivity (Wildman–Crippen MR) is 134 cm³/mol. The van der Waals surface area contributed by atoms with Gasteiger partial charge in [0, 0.05) is 25.4 Å². The normalized spacial score (nSPS) is 11.8. The number of hydrogen-bond donors (Lipinski definition) is 1. The minimum atomic E-state index is -0.585. The van der Waals surface area contributed by atoms with Crippen LogP contribution in [0.3, 0.4) is 0 Å². The van der Waals surface area contributed by atoms with E-state index < -0.39 is 6.04 Å². The predicted octanol–water partition coefficient (Wildman–Crippen LogP) is 5.09. The van der Waals surface area contributed by atoms with Gasteiger partial charge in [0.05, 0.1) is 0 Å². The van der Waals surface area contributed by atoms with Crippen molar-refractivity contribution >= 4 is 11.8 Å². The molecule has 0 spiro atoms. The average Bonchev–Trinajstić information content (AvgIpc) is 2.80. The Kier molecular flexibility index (Phi) is 8.82. The van der Waals surface area contributed by atoms with Gasteiger partial charge in [-0.15, -0.1) is 0 Å². The third-order valence-corrected chi connectivity index (χ3v) is 5.61. The number of carbonyl (C=O) groups is 2. The van der Waals surface area contributed by atoms with Crippen molar-refractivity contribution in [2.45, 2.75) is 58.7 Å². The van der Waals surface area contributed by atoms with Crippen LogP contribution in [0.5, 0.6) is 0 Å². The van der Waals surface area contributed by atoms with Crippen molar-refractivity contribution in [3.8, 4) is 0 Å². The Morgan fingerprint density at radius 1 is 0.818 bits per heavy atom. The number of nitrogens with one attached hydrogen (secondary N) is 1. The van der Waals surface area contributed by atoms with Crippen molar-refractivity contribution in [1.82, 2.24) is 10.2 Å². The van der Waals surface area contributed by atoms with Crippen molar-refractivity contribution in [3.63, 3.8) is 0 Å². The summed E-state index contributed by atoms with van der Waals surface area (Å²) >= 11 is 0. The first kappa shape index (κ1) is 24.2. The van der Waals surface area contributed by atoms with E-state index >= 15 is 0 Å². The van der Waals surface area contributed by atoms with Crippen molar-refractivity contribution in [1.29, 1.82) is 0 Å². The maximum Gasteiger partial charge on any atom is 0.243 e. The molecule has 0 aliphatic rings. The van der Waals surface area contributed by atoms with E-state index in [0.717, 1.165) is 22.3 Å². The van der Waals surface area contributed by atoms with Crippen LogP contribution < -0.4 is 5.32 Å². The van der Waals surface area contributed by atoms with E-state index in [-0.39, 0.29) is 17.9 Å². The molecule has 1 unspecified atom stereocenters. The summed E-state index contributed by atoms with van der Waals surface area (Å²) in [5.74, 6) is -0.130. The summed E-state index contributed by atoms with van der Waals surface area (Å²) in [6.45, 7) is 6.33. The lowest BCUT2D eigenvalue weighted by Crippen LogP contribution is -2.51. The lowest BCUT2D eigenvalue weighted by atomic mass is 10.0. The Bertz CT molecular complexity index is 1030. The minimum absolute atomic E-state index is 0.00369. The highest BCUT2D eigenvalue weighted by Crippen LogP contribution is 2.18. The Morgan fingerprint density at radius 3 is 2.03 bits per heavy atom. The highest BCUT2D eigenvalue weighted by Gasteiger charge is 2.30. The van der Waals surface area contributed by atoms with Crippen LogP contribution in [0, 0.1) is 6.92 Å². The number of carbonyl (C=O) groups excluding carboxylic acids is 2. The number of amides is 2. The molecule has 2 amide bonds. The second-order valence-corrected chi connectivity index (χ2v) is 8.87. The highest BCUT2D eigenvalue weighted by atomic mass is 16.2. The molecule has 172 valence electrons. The fourth-order valence-electron chi connectivity index (χ4n) is 3.98. The molecule has 0 radical (unpaired) electrons. The SMILES string of the molecule is Cc1cccc(CN(C(=O)CCc2ccccc2)C(Cc2ccccc2)C(=O)NC(C)C)c1. The fraction of sp³-hybridized carbons (Fsp3) is 0.310. The summed E-state index contributed by atoms with van der Waals surface area (Å²) in [5, 5.41) is 3.04. The van der Waals surface area contributed by atoms with Crippen molar-refractivity contribution in [2.24, 2.45) is 0 Å². The molecule has 0 fully saturated rings. The Balaban J connectivity index is 1.90. The molecule has 0 saturated heterocycles. The summed E-state index contributed by atoms with van der Waals surface area (Å²) in [6, 6.07) is 27.5. The molecule has 3 aromatic rings. The van der Waals surface area contributed by atoms with Crippen LogP contribution in [0.25, 0.3) is 0 Å². The summed E-state index contributed by atoms with van der Waals surface area (Å²) in [4.78, 5) is 28.7. The van der Waals surface area contributed by atoms with E-state index in [4.69, 9.17) is 0 Å². The van der Waals surface area contributed by atoms with Gasteiger partial charge in [-0.25, -0.2) is 0 Å². The largest absolute Gasteiger partial charge is 0.352 e. The first-order valence-corrected chi connectivity index (χ1v) is 11.7. The third-order valence-electron chi connectivity index (χ3n) is 5.61. The van der Waals surface area contributed by atoms with Gasteiger partial charge >= 0.3 is 0 Å². The maximum absolute atomic E-state index is 13.6. The van der Waals surface area contributed by atoms with E-state index in [1.54, 1.807) is 4.90 Å². The van der Waals surface area contributed by atoms with Gasteiger partial charge in [-0.3, -0.25) is 9.59 Å². The van der Waals surface area contributed by atoms with Gasteiger partial charge in [-0.05, 0) is 43.9 Å². The van der Waals surface area contributed by atoms with Crippen LogP contribution in [-0.2, 0) is 29.0 Å². The van der Waals surface area contributed by atoms with Gasteiger partial charge in [0.25, 0.3) is 0 Å². The molecule has 0 heterocycles. The molecule has 3 aromatic carbocycles. The zero-order chi connectivity index (χ0) is 23.6. The van der Waals surface area contributed by atoms with Gasteiger partial charge < -0.3 is 10.2 Å². The molecular formula is C29H34N2O2. The average molecular weight is 443 g/mol. The van der Waals surface area contributed by atoms with Crippen LogP contribution >= 0.6 is 0 Å². The maximum atomic E-state index is 13.6. The molecule has 4 nitrogen and oxygen atoms in total. The van der Waals surface area contributed by atoms with Crippen molar-refractivity contribution in [3.05, 3.63) is 107 Å². The van der Waals surface area contributed by atoms with Gasteiger partial charge in [-0.1, -0.05) is 90.5 Å². The lowest BCUT2D eigenvalue weighted by molar-refractivity contribution is -0.141. The van der Waals surface area contributed by atoms with E-state index in [9.17, 15) is 9.59 Å². The van der Waals surface area contributed by atoms with Gasteiger partial charge in [0.2, 0.25) is 11.8 Å². The van der Waals surface area contributed by atoms with Gasteiger partial charge in [0.1, 0.15) is 6.04 Å². The Labute approximate surface area is 197 Å². The van der Waals surface area contributed by atoms with Crippen LogP contribution in [0.1, 0.15) is 42.5 Å². The third kappa shape index (κ3) is 7.60. The first-order chi connectivity index (χ1) is 15.9. The van der Waals surface area contributed by atoms with Gasteiger partial charge in [-0.2, -0.15) is 0 Å². The number of benzene rings is 3. The van der Waals surface area contributed by atoms with E-state index in [1.807, 2.05) is 99.6 Å². The fourth-order valence-corrected chi connectivity index (χ4v) is 3.98. The van der Waals surface area contributed by atoms with Crippen LogP contribution in [0.15, 0.2) is 84.9 Å². The molecule has 0 aliphatic carbocycles. The standard InChI is InChI=1S/C29H34N2O2/c1-22(2)30-29(33)27(20-25-14-8-5-9-15-25)31(21-26-16-10-11-23(3)19-26)28(32)18-17-24-12-6-4-7-13-24/h4-16,19,22,27H,17-18,20-21H2,1-3H3,(H,30,33). The van der Waals surface area contributed by atoms with Crippen LogP contribution in [0.4, 0.5) is 0 Å². The molecule has 4 heteroatoms. The summed E-state index contributed by atoms with van der Waals surface area (Å²) in [6.07, 6.45) is 1.48. The smallest absolute Gasteiger partial charge is 0.243 e. The quantitative estimate of drug-likeness (QED) is 0.475. The highest BCUT2D eigenvalue weighted by molar-refractivity contribution is 5.88. The number of hydrogen-bond acceptors (Lipinski definition) is 2. The van der Waals surface area contributed by atoms with Crippen LogP contribution in [-0.4, -0.2) is 28.8 Å². The molecule has 33 heavy (non-hydrogen) atoms. The molecule has 0 aliphatic heterocycles. The number of rotatable bonds is 10. The Morgan fingerprint density at radius 2 is 1.42 bits per heavy atom. The number of aryl methyl sites for hydroxylation is 2. The van der Waals surface area contributed by atoms with E-state index in [0.29, 0.717) is 25.8 Å². The summed E-state index contributed by atoms with van der Waals surface area (Å²) < 4.78 is 0. The second kappa shape index (κ2) is 12.0. The molecular weight excluding hydrogens is 408 g/mol. The molecule has 1 N–H and O–H groups in total. The first-order valence-electron chi connectivity index (χ1n) is 11.7. The lowest BCUT2D eigenvalue weighted by Gasteiger charge is -2.32. The van der Waals surface area contributed by atoms with Crippen molar-refractivity contribution < 1.29 is 9.59 Å². The van der Waals surface area contributed by atoms with E-state index in [2.05, 4.69) is 11.4 Å². The van der Waals surface area contributed by atoms with E-state index in [1.165, 1.54) is 0 Å². The molecule has 0 bridgehead atoms. The molecule has 3 rings (SSSR count). The van der Waals surface area contributed by atoms with Crippen LogP contribution in [0.2, 0.25) is 0 Å². The number of nitrogens with zero attached hydrogens (tertiary/aromatic N) is 1. The van der Waals surface area contributed by atoms with Gasteiger partial charge in [0.15, 0.2) is 0 Å². The second-order valence-electron chi connectivity index (χ2n) is 8.87. The molecule has 0 aromatic heterocycles. The Hall–Kier alpha value is -3.40. The monoisotopic (exact) mass is 442 g/mol. The zero-order valence-electron chi connectivity index (χ0n) is 19.8. The molecule has 1 atom stereocenters. The summed E-state index contributed by atoms with van der Waals surface area (Å²) in [7, 11) is 0.